The van der Waals surface area contributed by atoms with Crippen LogP contribution < -0.4 is 10.1 Å². The Labute approximate surface area is 146 Å². The number of hydrogen-bond donors (Lipinski definition) is 1. The number of carbonyl (C=O) groups excluding carboxylic acids is 1. The second kappa shape index (κ2) is 7.26. The van der Waals surface area contributed by atoms with Gasteiger partial charge in [0.15, 0.2) is 0 Å². The quantitative estimate of drug-likeness (QED) is 0.662. The van der Waals surface area contributed by atoms with E-state index in [-0.39, 0.29) is 5.91 Å². The SMILES string of the molecule is CCc1cc(I)ccc1NC(=O)c1ccc(OC)c(Br)c1. The van der Waals surface area contributed by atoms with Crippen molar-refractivity contribution < 1.29 is 9.53 Å². The Morgan fingerprint density at radius 3 is 2.67 bits per heavy atom. The first kappa shape index (κ1) is 16.3. The molecule has 2 rings (SSSR count). The molecule has 21 heavy (non-hydrogen) atoms. The van der Waals surface area contributed by atoms with Crippen LogP contribution in [0.3, 0.4) is 0 Å². The Balaban J connectivity index is 2.24. The highest BCUT2D eigenvalue weighted by atomic mass is 127. The van der Waals surface area contributed by atoms with Crippen LogP contribution in [0.15, 0.2) is 40.9 Å². The van der Waals surface area contributed by atoms with Crippen molar-refractivity contribution in [1.29, 1.82) is 0 Å². The highest BCUT2D eigenvalue weighted by Crippen LogP contribution is 2.26. The molecule has 2 aromatic rings. The van der Waals surface area contributed by atoms with Gasteiger partial charge in [-0.05, 0) is 86.9 Å². The fraction of sp³-hybridized carbons (Fsp3) is 0.188. The van der Waals surface area contributed by atoms with E-state index in [9.17, 15) is 4.79 Å². The first-order valence-corrected chi connectivity index (χ1v) is 8.35. The van der Waals surface area contributed by atoms with Gasteiger partial charge in [-0.15, -0.1) is 0 Å². The minimum Gasteiger partial charge on any atom is -0.496 e. The first-order chi connectivity index (χ1) is 10.0. The summed E-state index contributed by atoms with van der Waals surface area (Å²) in [5, 5.41) is 2.97. The van der Waals surface area contributed by atoms with Gasteiger partial charge in [0.25, 0.3) is 5.91 Å². The second-order valence-corrected chi connectivity index (χ2v) is 6.56. The minimum atomic E-state index is -0.130. The molecule has 1 N–H and O–H groups in total. The summed E-state index contributed by atoms with van der Waals surface area (Å²) in [5.74, 6) is 0.573. The zero-order valence-corrected chi connectivity index (χ0v) is 15.5. The van der Waals surface area contributed by atoms with E-state index in [2.05, 4.69) is 56.8 Å². The molecule has 3 nitrogen and oxygen atoms in total. The maximum absolute atomic E-state index is 12.3. The fourth-order valence-electron chi connectivity index (χ4n) is 1.98. The lowest BCUT2D eigenvalue weighted by molar-refractivity contribution is 0.102. The van der Waals surface area contributed by atoms with Crippen molar-refractivity contribution in [2.45, 2.75) is 13.3 Å². The number of halogens is 2. The number of carbonyl (C=O) groups is 1. The lowest BCUT2D eigenvalue weighted by Crippen LogP contribution is -2.13. The number of benzene rings is 2. The van der Waals surface area contributed by atoms with Crippen LogP contribution in [-0.2, 0) is 6.42 Å². The minimum absolute atomic E-state index is 0.130. The molecule has 0 aromatic heterocycles. The maximum Gasteiger partial charge on any atom is 0.255 e. The van der Waals surface area contributed by atoms with Crippen LogP contribution in [0.1, 0.15) is 22.8 Å². The number of amides is 1. The third-order valence-electron chi connectivity index (χ3n) is 3.11. The van der Waals surface area contributed by atoms with Crippen molar-refractivity contribution in [3.05, 3.63) is 55.6 Å². The van der Waals surface area contributed by atoms with Gasteiger partial charge in [0.05, 0.1) is 11.6 Å². The largest absolute Gasteiger partial charge is 0.496 e. The number of ether oxygens (including phenoxy) is 1. The number of methoxy groups -OCH3 is 1. The molecule has 0 bridgehead atoms. The van der Waals surface area contributed by atoms with Gasteiger partial charge < -0.3 is 10.1 Å². The Kier molecular flexibility index (Phi) is 5.64. The number of hydrogen-bond acceptors (Lipinski definition) is 2. The van der Waals surface area contributed by atoms with E-state index in [1.54, 1.807) is 25.3 Å². The van der Waals surface area contributed by atoms with Gasteiger partial charge in [0.1, 0.15) is 5.75 Å². The van der Waals surface area contributed by atoms with E-state index in [1.807, 2.05) is 12.1 Å². The summed E-state index contributed by atoms with van der Waals surface area (Å²) in [6, 6.07) is 11.3. The van der Waals surface area contributed by atoms with Crippen molar-refractivity contribution in [2.75, 3.05) is 12.4 Å². The van der Waals surface area contributed by atoms with Gasteiger partial charge in [-0.1, -0.05) is 6.92 Å². The maximum atomic E-state index is 12.3. The smallest absolute Gasteiger partial charge is 0.255 e. The highest BCUT2D eigenvalue weighted by Gasteiger charge is 2.11. The third-order valence-corrected chi connectivity index (χ3v) is 4.40. The van der Waals surface area contributed by atoms with Crippen molar-refractivity contribution >= 4 is 50.1 Å². The second-order valence-electron chi connectivity index (χ2n) is 4.46. The highest BCUT2D eigenvalue weighted by molar-refractivity contribution is 14.1. The number of nitrogens with one attached hydrogen (secondary N) is 1. The molecule has 0 saturated carbocycles. The Morgan fingerprint density at radius 2 is 2.05 bits per heavy atom. The predicted molar refractivity (Wildman–Crippen MR) is 97.2 cm³/mol. The van der Waals surface area contributed by atoms with Crippen molar-refractivity contribution in [3.8, 4) is 5.75 Å². The molecular weight excluding hydrogens is 445 g/mol. The molecule has 0 heterocycles. The average Bonchev–Trinajstić information content (AvgIpc) is 2.48. The van der Waals surface area contributed by atoms with Crippen LogP contribution in [0.4, 0.5) is 5.69 Å². The van der Waals surface area contributed by atoms with Gasteiger partial charge in [0.2, 0.25) is 0 Å². The van der Waals surface area contributed by atoms with Gasteiger partial charge in [-0.25, -0.2) is 0 Å². The molecule has 1 amide bonds. The number of rotatable bonds is 4. The molecule has 0 spiro atoms. The molecule has 2 aromatic carbocycles. The third kappa shape index (κ3) is 3.97. The summed E-state index contributed by atoms with van der Waals surface area (Å²) < 4.78 is 7.09. The normalized spacial score (nSPS) is 10.3. The molecule has 0 aliphatic carbocycles. The van der Waals surface area contributed by atoms with Gasteiger partial charge in [0, 0.05) is 14.8 Å². The predicted octanol–water partition coefficient (Wildman–Crippen LogP) is 4.88. The van der Waals surface area contributed by atoms with Crippen LogP contribution in [0.5, 0.6) is 5.75 Å². The molecule has 0 aliphatic heterocycles. The van der Waals surface area contributed by atoms with E-state index in [1.165, 1.54) is 0 Å². The summed E-state index contributed by atoms with van der Waals surface area (Å²) >= 11 is 5.66. The number of aryl methyl sites for hydroxylation is 1. The Bertz CT molecular complexity index is 673. The molecule has 0 atom stereocenters. The van der Waals surface area contributed by atoms with E-state index in [0.717, 1.165) is 25.7 Å². The lowest BCUT2D eigenvalue weighted by Gasteiger charge is -2.11. The Morgan fingerprint density at radius 1 is 1.29 bits per heavy atom. The van der Waals surface area contributed by atoms with Gasteiger partial charge in [-0.3, -0.25) is 4.79 Å². The summed E-state index contributed by atoms with van der Waals surface area (Å²) in [5.41, 5.74) is 2.57. The van der Waals surface area contributed by atoms with Crippen LogP contribution in [0, 0.1) is 3.57 Å². The number of anilines is 1. The van der Waals surface area contributed by atoms with Crippen LogP contribution in [-0.4, -0.2) is 13.0 Å². The van der Waals surface area contributed by atoms with Gasteiger partial charge in [-0.2, -0.15) is 0 Å². The van der Waals surface area contributed by atoms with Crippen LogP contribution >= 0.6 is 38.5 Å². The standard InChI is InChI=1S/C16H15BrINO2/c1-3-10-8-12(18)5-6-14(10)19-16(20)11-4-7-15(21-2)13(17)9-11/h4-9H,3H2,1-2H3,(H,19,20). The average molecular weight is 460 g/mol. The first-order valence-electron chi connectivity index (χ1n) is 6.48. The molecule has 5 heteroatoms. The fourth-order valence-corrected chi connectivity index (χ4v) is 3.08. The monoisotopic (exact) mass is 459 g/mol. The van der Waals surface area contributed by atoms with Crippen molar-refractivity contribution in [1.82, 2.24) is 0 Å². The molecular formula is C16H15BrINO2. The summed E-state index contributed by atoms with van der Waals surface area (Å²) in [7, 11) is 1.60. The molecule has 0 fully saturated rings. The molecule has 0 unspecified atom stereocenters. The van der Waals surface area contributed by atoms with Crippen LogP contribution in [0.2, 0.25) is 0 Å². The van der Waals surface area contributed by atoms with Crippen molar-refractivity contribution in [2.24, 2.45) is 0 Å². The molecule has 0 aliphatic rings. The summed E-state index contributed by atoms with van der Waals surface area (Å²) in [6.07, 6.45) is 0.874. The zero-order valence-electron chi connectivity index (χ0n) is 11.7. The Hall–Kier alpha value is -1.08. The molecule has 110 valence electrons. The van der Waals surface area contributed by atoms with Gasteiger partial charge >= 0.3 is 0 Å². The summed E-state index contributed by atoms with van der Waals surface area (Å²) in [6.45, 7) is 2.07. The van der Waals surface area contributed by atoms with E-state index in [0.29, 0.717) is 11.3 Å². The zero-order chi connectivity index (χ0) is 15.4. The lowest BCUT2D eigenvalue weighted by atomic mass is 10.1. The topological polar surface area (TPSA) is 38.3 Å². The van der Waals surface area contributed by atoms with E-state index in [4.69, 9.17) is 4.74 Å². The molecule has 0 radical (unpaired) electrons. The van der Waals surface area contributed by atoms with Crippen molar-refractivity contribution in [3.63, 3.8) is 0 Å². The van der Waals surface area contributed by atoms with E-state index >= 15 is 0 Å². The van der Waals surface area contributed by atoms with Crippen LogP contribution in [0.25, 0.3) is 0 Å². The summed E-state index contributed by atoms with van der Waals surface area (Å²) in [4.78, 5) is 12.3. The molecule has 0 saturated heterocycles. The van der Waals surface area contributed by atoms with E-state index < -0.39 is 0 Å².